The summed E-state index contributed by atoms with van der Waals surface area (Å²) in [4.78, 5) is 0. The highest BCUT2D eigenvalue weighted by atomic mass is 14.3. The van der Waals surface area contributed by atoms with Crippen molar-refractivity contribution in [2.45, 2.75) is 106 Å². The van der Waals surface area contributed by atoms with Gasteiger partial charge in [0.2, 0.25) is 0 Å². The number of benzene rings is 8. The lowest BCUT2D eigenvalue weighted by Gasteiger charge is -2.31. The topological polar surface area (TPSA) is 0 Å². The van der Waals surface area contributed by atoms with Crippen molar-refractivity contribution in [1.82, 2.24) is 0 Å². The third-order valence-corrected chi connectivity index (χ3v) is 15.0. The highest BCUT2D eigenvalue weighted by molar-refractivity contribution is 5.74. The van der Waals surface area contributed by atoms with E-state index in [2.05, 4.69) is 276 Å². The van der Waals surface area contributed by atoms with Crippen LogP contribution in [0.3, 0.4) is 0 Å². The van der Waals surface area contributed by atoms with E-state index in [1.807, 2.05) is 18.2 Å². The maximum absolute atomic E-state index is 4.30. The SMILES string of the molecule is C=CC(C/C=C(\C)C(C)CC)C(C)C(c1ccccc1)c1ccc(C)c(-c2ccccc2C(C)c2ccccc2)c1.CCC(c1ccccc1)c1ccc(C)cc1-c1ccccc1C.Cc1ccccc1. The van der Waals surface area contributed by atoms with Gasteiger partial charge >= 0.3 is 0 Å². The van der Waals surface area contributed by atoms with E-state index in [1.54, 1.807) is 0 Å². The molecule has 71 heavy (non-hydrogen) atoms. The van der Waals surface area contributed by atoms with E-state index >= 15 is 0 Å². The van der Waals surface area contributed by atoms with Gasteiger partial charge in [-0.1, -0.05) is 270 Å². The molecule has 0 radical (unpaired) electrons. The molecular weight excluding hydrogens is 853 g/mol. The van der Waals surface area contributed by atoms with Crippen molar-refractivity contribution in [3.05, 3.63) is 286 Å². The molecule has 0 aliphatic heterocycles. The maximum Gasteiger partial charge on any atom is 0.0121 e. The standard InChI is InChI=1S/C41H48.C23H24.C7H8/c1-8-29(3)30(4)24-26-34(9-2)33(7)41(36-20-14-11-15-21-36)37-27-25-31(5)40(28-37)39-23-17-16-22-38(39)32(6)35-18-12-10-13-19-35;1-4-20(19-11-6-5-7-12-19)22-15-14-17(2)16-23(22)21-13-9-8-10-18(21)3;1-7-5-3-2-4-6-7/h9-25,27-29,32-34,41H,2,8,26H2,1,3-7H3;5-16,20H,4H2,1-3H3;2-6H,1H3/b30-24+;;. The molecule has 364 valence electrons. The number of aryl methyl sites for hydroxylation is 4. The van der Waals surface area contributed by atoms with Crippen molar-refractivity contribution in [2.75, 3.05) is 0 Å². The van der Waals surface area contributed by atoms with Gasteiger partial charge < -0.3 is 0 Å². The van der Waals surface area contributed by atoms with E-state index < -0.39 is 0 Å². The Morgan fingerprint density at radius 2 is 0.986 bits per heavy atom. The van der Waals surface area contributed by atoms with Crippen LogP contribution >= 0.6 is 0 Å². The molecule has 0 aromatic heterocycles. The monoisotopic (exact) mass is 933 g/mol. The lowest BCUT2D eigenvalue weighted by molar-refractivity contribution is 0.388. The van der Waals surface area contributed by atoms with Gasteiger partial charge in [0.1, 0.15) is 0 Å². The molecule has 0 aliphatic rings. The number of hydrogen-bond donors (Lipinski definition) is 0. The fourth-order valence-corrected chi connectivity index (χ4v) is 10.2. The minimum Gasteiger partial charge on any atom is -0.103 e. The third kappa shape index (κ3) is 14.4. The van der Waals surface area contributed by atoms with E-state index in [-0.39, 0.29) is 5.92 Å². The van der Waals surface area contributed by atoms with Crippen LogP contribution < -0.4 is 0 Å². The first-order chi connectivity index (χ1) is 34.4. The van der Waals surface area contributed by atoms with Gasteiger partial charge in [0.25, 0.3) is 0 Å². The second-order valence-electron chi connectivity index (χ2n) is 19.9. The largest absolute Gasteiger partial charge is 0.103 e. The summed E-state index contributed by atoms with van der Waals surface area (Å²) in [5, 5.41) is 0. The molecule has 0 aliphatic carbocycles. The van der Waals surface area contributed by atoms with Gasteiger partial charge in [-0.2, -0.15) is 0 Å². The van der Waals surface area contributed by atoms with Gasteiger partial charge in [-0.05, 0) is 138 Å². The molecule has 0 saturated carbocycles. The van der Waals surface area contributed by atoms with Crippen molar-refractivity contribution in [2.24, 2.45) is 17.8 Å². The van der Waals surface area contributed by atoms with Crippen LogP contribution in [0.25, 0.3) is 22.3 Å². The van der Waals surface area contributed by atoms with Gasteiger partial charge in [-0.25, -0.2) is 0 Å². The first kappa shape index (κ1) is 53.6. The molecule has 0 saturated heterocycles. The van der Waals surface area contributed by atoms with E-state index in [0.29, 0.717) is 29.6 Å². The van der Waals surface area contributed by atoms with E-state index in [1.165, 1.54) is 89.9 Å². The second-order valence-corrected chi connectivity index (χ2v) is 19.9. The molecule has 8 rings (SSSR count). The summed E-state index contributed by atoms with van der Waals surface area (Å²) in [6.07, 6.45) is 7.96. The summed E-state index contributed by atoms with van der Waals surface area (Å²) in [5.74, 6) is 2.42. The van der Waals surface area contributed by atoms with Crippen LogP contribution in [0.1, 0.15) is 134 Å². The van der Waals surface area contributed by atoms with Crippen LogP contribution in [-0.4, -0.2) is 0 Å². The highest BCUT2D eigenvalue weighted by Gasteiger charge is 2.28. The summed E-state index contributed by atoms with van der Waals surface area (Å²) < 4.78 is 0. The second kappa shape index (κ2) is 27.0. The van der Waals surface area contributed by atoms with Crippen molar-refractivity contribution in [1.29, 1.82) is 0 Å². The molecule has 0 spiro atoms. The molecule has 6 atom stereocenters. The molecule has 8 aromatic carbocycles. The molecule has 6 unspecified atom stereocenters. The zero-order chi connectivity index (χ0) is 50.7. The predicted octanol–water partition coefficient (Wildman–Crippen LogP) is 20.3. The van der Waals surface area contributed by atoms with E-state index in [9.17, 15) is 0 Å². The number of hydrogen-bond acceptors (Lipinski definition) is 0. The van der Waals surface area contributed by atoms with Gasteiger partial charge in [0.15, 0.2) is 0 Å². The smallest absolute Gasteiger partial charge is 0.0121 e. The summed E-state index contributed by atoms with van der Waals surface area (Å²) in [7, 11) is 0. The van der Waals surface area contributed by atoms with Gasteiger partial charge in [0.05, 0.1) is 0 Å². The third-order valence-electron chi connectivity index (χ3n) is 15.0. The Bertz CT molecular complexity index is 2870. The average molecular weight is 933 g/mol. The summed E-state index contributed by atoms with van der Waals surface area (Å²) in [5.41, 5.74) is 20.4. The van der Waals surface area contributed by atoms with Crippen molar-refractivity contribution in [3.8, 4) is 22.3 Å². The summed E-state index contributed by atoms with van der Waals surface area (Å²) >= 11 is 0. The van der Waals surface area contributed by atoms with Crippen molar-refractivity contribution < 1.29 is 0 Å². The average Bonchev–Trinajstić information content (AvgIpc) is 3.41. The van der Waals surface area contributed by atoms with Crippen LogP contribution in [0.4, 0.5) is 0 Å². The first-order valence-electron chi connectivity index (χ1n) is 26.3. The van der Waals surface area contributed by atoms with Crippen LogP contribution in [0.15, 0.2) is 231 Å². The number of allylic oxidation sites excluding steroid dienone is 3. The van der Waals surface area contributed by atoms with E-state index in [4.69, 9.17) is 0 Å². The van der Waals surface area contributed by atoms with Crippen LogP contribution in [0, 0.1) is 45.4 Å². The van der Waals surface area contributed by atoms with Crippen molar-refractivity contribution in [3.63, 3.8) is 0 Å². The quantitative estimate of drug-likeness (QED) is 0.0847. The minimum atomic E-state index is 0.273. The molecule has 0 N–H and O–H groups in total. The van der Waals surface area contributed by atoms with Crippen LogP contribution in [0.2, 0.25) is 0 Å². The molecule has 0 heterocycles. The molecule has 0 amide bonds. The fraction of sp³-hybridized carbons (Fsp3) is 0.268. The van der Waals surface area contributed by atoms with Crippen LogP contribution in [-0.2, 0) is 0 Å². The molecule has 0 nitrogen and oxygen atoms in total. The number of rotatable bonds is 16. The fourth-order valence-electron chi connectivity index (χ4n) is 10.2. The first-order valence-corrected chi connectivity index (χ1v) is 26.3. The molecule has 8 aromatic rings. The lowest BCUT2D eigenvalue weighted by atomic mass is 9.73. The van der Waals surface area contributed by atoms with Crippen LogP contribution in [0.5, 0.6) is 0 Å². The Kier molecular flexibility index (Phi) is 20.4. The van der Waals surface area contributed by atoms with Gasteiger partial charge in [-0.3, -0.25) is 0 Å². The Morgan fingerprint density at radius 3 is 1.55 bits per heavy atom. The Hall–Kier alpha value is -6.76. The minimum absolute atomic E-state index is 0.273. The van der Waals surface area contributed by atoms with E-state index in [0.717, 1.165) is 12.8 Å². The normalized spacial score (nSPS) is 13.7. The Balaban J connectivity index is 0.000000228. The zero-order valence-electron chi connectivity index (χ0n) is 44.6. The maximum atomic E-state index is 4.30. The summed E-state index contributed by atoms with van der Waals surface area (Å²) in [6, 6.07) is 74.8. The Morgan fingerprint density at radius 1 is 0.451 bits per heavy atom. The lowest BCUT2D eigenvalue weighted by Crippen LogP contribution is -2.19. The predicted molar refractivity (Wildman–Crippen MR) is 311 cm³/mol. The van der Waals surface area contributed by atoms with Gasteiger partial charge in [-0.15, -0.1) is 6.58 Å². The highest BCUT2D eigenvalue weighted by Crippen LogP contribution is 2.42. The Labute approximate surface area is 430 Å². The molecule has 0 bridgehead atoms. The molecule has 0 fully saturated rings. The molecular formula is C71H80. The summed E-state index contributed by atoms with van der Waals surface area (Å²) in [6.45, 7) is 26.9. The zero-order valence-corrected chi connectivity index (χ0v) is 44.6. The van der Waals surface area contributed by atoms with Crippen molar-refractivity contribution >= 4 is 0 Å². The van der Waals surface area contributed by atoms with Gasteiger partial charge in [0, 0.05) is 17.8 Å². The molecule has 0 heteroatoms.